The van der Waals surface area contributed by atoms with E-state index in [0.29, 0.717) is 18.5 Å². The summed E-state index contributed by atoms with van der Waals surface area (Å²) < 4.78 is 0. The molecule has 1 saturated heterocycles. The maximum absolute atomic E-state index is 5.83. The molecule has 0 amide bonds. The lowest BCUT2D eigenvalue weighted by molar-refractivity contribution is 0.457. The van der Waals surface area contributed by atoms with Gasteiger partial charge in [-0.2, -0.15) is 0 Å². The summed E-state index contributed by atoms with van der Waals surface area (Å²) >= 11 is 0. The van der Waals surface area contributed by atoms with E-state index < -0.39 is 0 Å². The van der Waals surface area contributed by atoms with Crippen LogP contribution in [0.4, 0.5) is 5.95 Å². The molecule has 1 aliphatic rings. The van der Waals surface area contributed by atoms with Gasteiger partial charge in [-0.05, 0) is 31.4 Å². The Kier molecular flexibility index (Phi) is 3.06. The van der Waals surface area contributed by atoms with Crippen LogP contribution in [-0.4, -0.2) is 34.3 Å². The predicted octanol–water partition coefficient (Wildman–Crippen LogP) is 1.34. The average Bonchev–Trinajstić information content (AvgIpc) is 2.46. The zero-order valence-electron chi connectivity index (χ0n) is 10.3. The number of benzene rings is 1. The highest BCUT2D eigenvalue weighted by atomic mass is 15.3. The monoisotopic (exact) mass is 243 g/mol. The van der Waals surface area contributed by atoms with Gasteiger partial charge in [0.05, 0.1) is 5.52 Å². The molecule has 0 spiro atoms. The summed E-state index contributed by atoms with van der Waals surface area (Å²) in [4.78, 5) is 6.79. The first-order valence-electron chi connectivity index (χ1n) is 6.44. The molecular weight excluding hydrogens is 226 g/mol. The standard InChI is InChI=1S/C13H17N5/c14-9-10-5-3-4-8-18(10)13-15-11-6-1-2-7-12(11)16-17-13/h1-2,6-7,10H,3-5,8-9,14H2. The molecule has 0 aliphatic carbocycles. The van der Waals surface area contributed by atoms with Crippen LogP contribution in [0, 0.1) is 0 Å². The Bertz CT molecular complexity index is 542. The maximum atomic E-state index is 5.83. The molecular formula is C13H17N5. The van der Waals surface area contributed by atoms with E-state index in [1.807, 2.05) is 24.3 Å². The van der Waals surface area contributed by atoms with Gasteiger partial charge in [-0.25, -0.2) is 4.98 Å². The molecule has 0 bridgehead atoms. The minimum atomic E-state index is 0.349. The van der Waals surface area contributed by atoms with Gasteiger partial charge >= 0.3 is 0 Å². The molecule has 2 heterocycles. The lowest BCUT2D eigenvalue weighted by atomic mass is 10.0. The van der Waals surface area contributed by atoms with E-state index >= 15 is 0 Å². The molecule has 1 aromatic carbocycles. The van der Waals surface area contributed by atoms with E-state index in [0.717, 1.165) is 24.0 Å². The van der Waals surface area contributed by atoms with Crippen LogP contribution in [0.15, 0.2) is 24.3 Å². The van der Waals surface area contributed by atoms with Gasteiger partial charge in [0.25, 0.3) is 0 Å². The first-order valence-corrected chi connectivity index (χ1v) is 6.44. The smallest absolute Gasteiger partial charge is 0.246 e. The Hall–Kier alpha value is -1.75. The summed E-state index contributed by atoms with van der Waals surface area (Å²) in [5.41, 5.74) is 7.55. The summed E-state index contributed by atoms with van der Waals surface area (Å²) in [7, 11) is 0. The second-order valence-corrected chi connectivity index (χ2v) is 4.68. The molecule has 1 aliphatic heterocycles. The Morgan fingerprint density at radius 1 is 1.17 bits per heavy atom. The maximum Gasteiger partial charge on any atom is 0.246 e. The van der Waals surface area contributed by atoms with Gasteiger partial charge in [-0.3, -0.25) is 0 Å². The predicted molar refractivity (Wildman–Crippen MR) is 71.4 cm³/mol. The summed E-state index contributed by atoms with van der Waals surface area (Å²) in [6, 6.07) is 8.16. The van der Waals surface area contributed by atoms with Crippen molar-refractivity contribution in [3.63, 3.8) is 0 Å². The van der Waals surface area contributed by atoms with Crippen molar-refractivity contribution in [2.24, 2.45) is 5.73 Å². The third-order valence-corrected chi connectivity index (χ3v) is 3.51. The number of hydrogen-bond donors (Lipinski definition) is 1. The number of anilines is 1. The minimum absolute atomic E-state index is 0.349. The van der Waals surface area contributed by atoms with Crippen LogP contribution in [0.1, 0.15) is 19.3 Å². The minimum Gasteiger partial charge on any atom is -0.335 e. The van der Waals surface area contributed by atoms with E-state index in [4.69, 9.17) is 5.73 Å². The third kappa shape index (κ3) is 2.01. The number of piperidine rings is 1. The van der Waals surface area contributed by atoms with Crippen LogP contribution in [0.3, 0.4) is 0 Å². The lowest BCUT2D eigenvalue weighted by Crippen LogP contribution is -2.45. The van der Waals surface area contributed by atoms with E-state index in [1.54, 1.807) is 0 Å². The third-order valence-electron chi connectivity index (χ3n) is 3.51. The Morgan fingerprint density at radius 3 is 2.83 bits per heavy atom. The van der Waals surface area contributed by atoms with Crippen LogP contribution in [0.25, 0.3) is 11.0 Å². The van der Waals surface area contributed by atoms with Crippen molar-refractivity contribution in [1.82, 2.24) is 15.2 Å². The van der Waals surface area contributed by atoms with Crippen molar-refractivity contribution in [2.75, 3.05) is 18.0 Å². The van der Waals surface area contributed by atoms with E-state index in [2.05, 4.69) is 20.1 Å². The number of hydrogen-bond acceptors (Lipinski definition) is 5. The lowest BCUT2D eigenvalue weighted by Gasteiger charge is -2.34. The Morgan fingerprint density at radius 2 is 2.00 bits per heavy atom. The highest BCUT2D eigenvalue weighted by Crippen LogP contribution is 2.21. The van der Waals surface area contributed by atoms with E-state index in [1.165, 1.54) is 12.8 Å². The van der Waals surface area contributed by atoms with Crippen LogP contribution < -0.4 is 10.6 Å². The fourth-order valence-electron chi connectivity index (χ4n) is 2.50. The van der Waals surface area contributed by atoms with Crippen molar-refractivity contribution in [3.8, 4) is 0 Å². The van der Waals surface area contributed by atoms with Crippen LogP contribution >= 0.6 is 0 Å². The highest BCUT2D eigenvalue weighted by molar-refractivity contribution is 5.74. The largest absolute Gasteiger partial charge is 0.335 e. The fourth-order valence-corrected chi connectivity index (χ4v) is 2.50. The molecule has 0 saturated carbocycles. The molecule has 0 radical (unpaired) electrons. The van der Waals surface area contributed by atoms with E-state index in [-0.39, 0.29) is 0 Å². The summed E-state index contributed by atoms with van der Waals surface area (Å²) in [6.45, 7) is 1.62. The van der Waals surface area contributed by atoms with Crippen LogP contribution in [0.5, 0.6) is 0 Å². The molecule has 2 aromatic rings. The van der Waals surface area contributed by atoms with Crippen LogP contribution in [-0.2, 0) is 0 Å². The highest BCUT2D eigenvalue weighted by Gasteiger charge is 2.23. The number of nitrogens with zero attached hydrogens (tertiary/aromatic N) is 4. The van der Waals surface area contributed by atoms with Gasteiger partial charge in [0.1, 0.15) is 5.52 Å². The fraction of sp³-hybridized carbons (Fsp3) is 0.462. The normalized spacial score (nSPS) is 20.3. The molecule has 2 N–H and O–H groups in total. The van der Waals surface area contributed by atoms with Crippen molar-refractivity contribution in [2.45, 2.75) is 25.3 Å². The van der Waals surface area contributed by atoms with Gasteiger partial charge in [0.15, 0.2) is 0 Å². The summed E-state index contributed by atoms with van der Waals surface area (Å²) in [5.74, 6) is 0.712. The van der Waals surface area contributed by atoms with Crippen molar-refractivity contribution in [1.29, 1.82) is 0 Å². The second-order valence-electron chi connectivity index (χ2n) is 4.68. The number of para-hydroxylation sites is 1. The van der Waals surface area contributed by atoms with Gasteiger partial charge < -0.3 is 10.6 Å². The number of fused-ring (bicyclic) bond motifs is 1. The van der Waals surface area contributed by atoms with Crippen molar-refractivity contribution in [3.05, 3.63) is 24.3 Å². The second kappa shape index (κ2) is 4.86. The Balaban J connectivity index is 1.97. The first kappa shape index (κ1) is 11.3. The average molecular weight is 243 g/mol. The van der Waals surface area contributed by atoms with Gasteiger partial charge in [-0.15, -0.1) is 10.2 Å². The SMILES string of the molecule is NCC1CCCCN1c1nnc2ccccc2n1. The van der Waals surface area contributed by atoms with Gasteiger partial charge in [0, 0.05) is 19.1 Å². The molecule has 5 heteroatoms. The quantitative estimate of drug-likeness (QED) is 0.862. The molecule has 5 nitrogen and oxygen atoms in total. The molecule has 1 unspecified atom stereocenters. The first-order chi connectivity index (χ1) is 8.88. The zero-order valence-corrected chi connectivity index (χ0v) is 10.3. The molecule has 18 heavy (non-hydrogen) atoms. The van der Waals surface area contributed by atoms with Crippen molar-refractivity contribution < 1.29 is 0 Å². The number of nitrogens with two attached hydrogens (primary N) is 1. The molecule has 94 valence electrons. The number of rotatable bonds is 2. The molecule has 3 rings (SSSR count). The Labute approximate surface area is 106 Å². The number of aromatic nitrogens is 3. The topological polar surface area (TPSA) is 67.9 Å². The summed E-state index contributed by atoms with van der Waals surface area (Å²) in [6.07, 6.45) is 3.53. The summed E-state index contributed by atoms with van der Waals surface area (Å²) in [5, 5.41) is 8.47. The van der Waals surface area contributed by atoms with Crippen LogP contribution in [0.2, 0.25) is 0 Å². The molecule has 1 atom stereocenters. The molecule has 1 aromatic heterocycles. The van der Waals surface area contributed by atoms with E-state index in [9.17, 15) is 0 Å². The zero-order chi connectivity index (χ0) is 12.4. The van der Waals surface area contributed by atoms with Gasteiger partial charge in [0.2, 0.25) is 5.95 Å². The van der Waals surface area contributed by atoms with Crippen molar-refractivity contribution >= 4 is 17.0 Å². The van der Waals surface area contributed by atoms with Gasteiger partial charge in [-0.1, -0.05) is 12.1 Å². The molecule has 1 fully saturated rings.